The Morgan fingerprint density at radius 2 is 1.87 bits per heavy atom. The zero-order valence-corrected chi connectivity index (χ0v) is 15.9. The summed E-state index contributed by atoms with van der Waals surface area (Å²) in [5, 5.41) is 11.6. The number of nitrogens with one attached hydrogen (secondary N) is 2. The molecule has 3 aromatic rings. The lowest BCUT2D eigenvalue weighted by Crippen LogP contribution is -2.20. The Morgan fingerprint density at radius 1 is 1.10 bits per heavy atom. The van der Waals surface area contributed by atoms with Crippen molar-refractivity contribution in [2.75, 3.05) is 5.32 Å². The normalized spacial score (nSPS) is 9.77. The minimum Gasteiger partial charge on any atom is -0.310 e. The number of carbonyl (C=O) groups excluding carboxylic acids is 2. The molecule has 148 valence electrons. The largest absolute Gasteiger partial charge is 0.310 e. The third-order valence-corrected chi connectivity index (χ3v) is 3.98. The molecule has 0 atom stereocenters. The highest BCUT2D eigenvalue weighted by Crippen LogP contribution is 2.22. The molecule has 7 nitrogen and oxygen atoms in total. The Bertz CT molecular complexity index is 1130. The van der Waals surface area contributed by atoms with Gasteiger partial charge in [-0.15, -0.1) is 6.58 Å². The molecule has 2 aromatic heterocycles. The Kier molecular flexibility index (Phi) is 6.66. The molecule has 0 saturated carbocycles. The highest BCUT2D eigenvalue weighted by atomic mass is 16.5. The van der Waals surface area contributed by atoms with E-state index in [-0.39, 0.29) is 23.7 Å². The Hall–Kier alpha value is -4.28. The molecule has 3 N–H and O–H groups in total. The van der Waals surface area contributed by atoms with Crippen molar-refractivity contribution in [2.24, 2.45) is 0 Å². The highest BCUT2D eigenvalue weighted by molar-refractivity contribution is 5.97. The first kappa shape index (κ1) is 20.5. The number of hydroxylamine groups is 1. The van der Waals surface area contributed by atoms with Gasteiger partial charge in [-0.3, -0.25) is 19.8 Å². The summed E-state index contributed by atoms with van der Waals surface area (Å²) in [6.45, 7) is 3.52. The van der Waals surface area contributed by atoms with Crippen molar-refractivity contribution in [3.63, 3.8) is 0 Å². The first-order valence-electron chi connectivity index (χ1n) is 8.99. The standard InChI is InChI=1S/C23H18N4O3/c1-2-4-22(28)26-21-14-19(23(29)27-30)13-20(25-21)18-10-8-16(9-11-18)6-7-17-5-3-12-24-15-17/h2-3,5,8-15,30H,1,4H2,(H,27,29)(H,25,26,28). The van der Waals surface area contributed by atoms with Gasteiger partial charge in [0.05, 0.1) is 5.69 Å². The summed E-state index contributed by atoms with van der Waals surface area (Å²) in [4.78, 5) is 32.2. The average molecular weight is 398 g/mol. The topological polar surface area (TPSA) is 104 Å². The van der Waals surface area contributed by atoms with Gasteiger partial charge in [-0.2, -0.15) is 0 Å². The zero-order chi connectivity index (χ0) is 21.3. The predicted octanol–water partition coefficient (Wildman–Crippen LogP) is 3.18. The van der Waals surface area contributed by atoms with Crippen molar-refractivity contribution in [3.8, 4) is 23.1 Å². The second-order valence-electron chi connectivity index (χ2n) is 6.18. The monoisotopic (exact) mass is 398 g/mol. The van der Waals surface area contributed by atoms with Crippen LogP contribution in [0.25, 0.3) is 11.3 Å². The summed E-state index contributed by atoms with van der Waals surface area (Å²) in [5.41, 5.74) is 4.52. The zero-order valence-electron chi connectivity index (χ0n) is 15.9. The van der Waals surface area contributed by atoms with Gasteiger partial charge in [0.15, 0.2) is 0 Å². The second kappa shape index (κ2) is 9.78. The number of pyridine rings is 2. The van der Waals surface area contributed by atoms with Crippen molar-refractivity contribution in [3.05, 3.63) is 90.3 Å². The molecule has 0 aliphatic rings. The number of hydrogen-bond acceptors (Lipinski definition) is 5. The van der Waals surface area contributed by atoms with Crippen LogP contribution in [-0.2, 0) is 4.79 Å². The van der Waals surface area contributed by atoms with E-state index in [1.165, 1.54) is 18.2 Å². The minimum absolute atomic E-state index is 0.109. The van der Waals surface area contributed by atoms with Crippen LogP contribution >= 0.6 is 0 Å². The molecule has 0 fully saturated rings. The second-order valence-corrected chi connectivity index (χ2v) is 6.18. The van der Waals surface area contributed by atoms with Crippen molar-refractivity contribution in [2.45, 2.75) is 6.42 Å². The lowest BCUT2D eigenvalue weighted by Gasteiger charge is -2.09. The maximum absolute atomic E-state index is 11.9. The van der Waals surface area contributed by atoms with Crippen LogP contribution in [-0.4, -0.2) is 27.0 Å². The van der Waals surface area contributed by atoms with Crippen molar-refractivity contribution >= 4 is 17.6 Å². The van der Waals surface area contributed by atoms with E-state index in [0.29, 0.717) is 11.3 Å². The van der Waals surface area contributed by atoms with Crippen molar-refractivity contribution in [1.82, 2.24) is 15.4 Å². The fourth-order valence-electron chi connectivity index (χ4n) is 2.57. The van der Waals surface area contributed by atoms with Crippen LogP contribution < -0.4 is 10.8 Å². The molecule has 0 aliphatic carbocycles. The van der Waals surface area contributed by atoms with Crippen LogP contribution in [0.2, 0.25) is 0 Å². The van der Waals surface area contributed by atoms with Gasteiger partial charge in [0.25, 0.3) is 5.91 Å². The van der Waals surface area contributed by atoms with Crippen LogP contribution in [0.3, 0.4) is 0 Å². The number of amides is 2. The number of rotatable bonds is 5. The molecular weight excluding hydrogens is 380 g/mol. The van der Waals surface area contributed by atoms with E-state index in [2.05, 4.69) is 33.7 Å². The van der Waals surface area contributed by atoms with Gasteiger partial charge in [0, 0.05) is 41.1 Å². The Labute approximate surface area is 173 Å². The molecule has 30 heavy (non-hydrogen) atoms. The summed E-state index contributed by atoms with van der Waals surface area (Å²) in [7, 11) is 0. The summed E-state index contributed by atoms with van der Waals surface area (Å²) >= 11 is 0. The lowest BCUT2D eigenvalue weighted by atomic mass is 10.1. The first-order chi connectivity index (χ1) is 14.6. The predicted molar refractivity (Wildman–Crippen MR) is 113 cm³/mol. The van der Waals surface area contributed by atoms with Crippen LogP contribution in [0.15, 0.2) is 73.6 Å². The number of carbonyl (C=O) groups is 2. The third-order valence-electron chi connectivity index (χ3n) is 3.98. The summed E-state index contributed by atoms with van der Waals surface area (Å²) < 4.78 is 0. The summed E-state index contributed by atoms with van der Waals surface area (Å²) in [6, 6.07) is 13.9. The SMILES string of the molecule is C=CCC(=O)Nc1cc(C(=O)NO)cc(-c2ccc(C#Cc3cccnc3)cc2)n1. The molecule has 0 aliphatic heterocycles. The maximum Gasteiger partial charge on any atom is 0.274 e. The average Bonchev–Trinajstić information content (AvgIpc) is 2.78. The van der Waals surface area contributed by atoms with Crippen molar-refractivity contribution < 1.29 is 14.8 Å². The van der Waals surface area contributed by atoms with Crippen molar-refractivity contribution in [1.29, 1.82) is 0 Å². The Balaban J connectivity index is 1.90. The minimum atomic E-state index is -0.711. The van der Waals surface area contributed by atoms with Gasteiger partial charge >= 0.3 is 0 Å². The molecule has 0 spiro atoms. The molecular formula is C23H18N4O3. The molecule has 0 unspecified atom stereocenters. The lowest BCUT2D eigenvalue weighted by molar-refractivity contribution is -0.115. The number of hydrogen-bond donors (Lipinski definition) is 3. The number of benzene rings is 1. The Morgan fingerprint density at radius 3 is 2.53 bits per heavy atom. The summed E-state index contributed by atoms with van der Waals surface area (Å²) in [6.07, 6.45) is 4.95. The van der Waals surface area contributed by atoms with Gasteiger partial charge in [0.1, 0.15) is 5.82 Å². The fourth-order valence-corrected chi connectivity index (χ4v) is 2.57. The highest BCUT2D eigenvalue weighted by Gasteiger charge is 2.12. The van der Waals surface area contributed by atoms with Crippen LogP contribution in [0, 0.1) is 11.8 Å². The molecule has 3 rings (SSSR count). The van der Waals surface area contributed by atoms with Gasteiger partial charge < -0.3 is 5.32 Å². The van der Waals surface area contributed by atoms with E-state index in [1.807, 2.05) is 36.4 Å². The van der Waals surface area contributed by atoms with E-state index in [0.717, 1.165) is 11.1 Å². The molecule has 2 amide bonds. The van der Waals surface area contributed by atoms with E-state index in [1.54, 1.807) is 17.9 Å². The fraction of sp³-hybridized carbons (Fsp3) is 0.0435. The first-order valence-corrected chi connectivity index (χ1v) is 8.99. The third kappa shape index (κ3) is 5.38. The van der Waals surface area contributed by atoms with E-state index in [4.69, 9.17) is 5.21 Å². The summed E-state index contributed by atoms with van der Waals surface area (Å²) in [5.74, 6) is 5.25. The molecule has 7 heteroatoms. The van der Waals surface area contributed by atoms with Gasteiger partial charge in [0.2, 0.25) is 5.91 Å². The maximum atomic E-state index is 11.9. The molecule has 2 heterocycles. The molecule has 0 saturated heterocycles. The van der Waals surface area contributed by atoms with Gasteiger partial charge in [-0.1, -0.05) is 30.0 Å². The van der Waals surface area contributed by atoms with Crippen LogP contribution in [0.1, 0.15) is 27.9 Å². The molecule has 0 radical (unpaired) electrons. The number of aromatic nitrogens is 2. The number of anilines is 1. The molecule has 0 bridgehead atoms. The van der Waals surface area contributed by atoms with Gasteiger partial charge in [-0.05, 0) is 36.4 Å². The smallest absolute Gasteiger partial charge is 0.274 e. The quantitative estimate of drug-likeness (QED) is 0.265. The molecule has 1 aromatic carbocycles. The van der Waals surface area contributed by atoms with Crippen LogP contribution in [0.5, 0.6) is 0 Å². The van der Waals surface area contributed by atoms with E-state index >= 15 is 0 Å². The van der Waals surface area contributed by atoms with E-state index < -0.39 is 5.91 Å². The number of nitrogens with zero attached hydrogens (tertiary/aromatic N) is 2. The van der Waals surface area contributed by atoms with Crippen LogP contribution in [0.4, 0.5) is 5.82 Å². The van der Waals surface area contributed by atoms with E-state index in [9.17, 15) is 9.59 Å². The van der Waals surface area contributed by atoms with Gasteiger partial charge in [-0.25, -0.2) is 10.5 Å².